The Morgan fingerprint density at radius 1 is 1.53 bits per heavy atom. The van der Waals surface area contributed by atoms with Crippen LogP contribution in [0.3, 0.4) is 0 Å². The number of carboxylic acid groups (broad SMARTS) is 1. The molecule has 0 bridgehead atoms. The average Bonchev–Trinajstić information content (AvgIpc) is 2.60. The molecule has 1 aromatic carbocycles. The smallest absolute Gasteiger partial charge is 0.320 e. The first-order valence-electron chi connectivity index (χ1n) is 5.52. The Kier molecular flexibility index (Phi) is 2.90. The average molecular weight is 232 g/mol. The van der Waals surface area contributed by atoms with Crippen molar-refractivity contribution in [1.29, 1.82) is 0 Å². The van der Waals surface area contributed by atoms with Crippen LogP contribution >= 0.6 is 0 Å². The molecule has 1 unspecified atom stereocenters. The number of aryl methyl sites for hydroxylation is 2. The van der Waals surface area contributed by atoms with E-state index in [2.05, 4.69) is 4.57 Å². The molecular weight excluding hydrogens is 216 g/mol. The third kappa shape index (κ3) is 2.17. The van der Waals surface area contributed by atoms with Crippen molar-refractivity contribution in [2.24, 2.45) is 12.8 Å². The second-order valence-electron chi connectivity index (χ2n) is 4.43. The standard InChI is InChI=1S/C13H16N2O2/c1-8-5-9(7-11(14)13(16)17)6-10-3-4-15(2)12(8)10/h3-6,11H,7,14H2,1-2H3,(H,16,17). The lowest BCUT2D eigenvalue weighted by Gasteiger charge is -2.09. The molecule has 0 saturated heterocycles. The van der Waals surface area contributed by atoms with E-state index < -0.39 is 12.0 Å². The fraction of sp³-hybridized carbons (Fsp3) is 0.308. The van der Waals surface area contributed by atoms with E-state index in [0.29, 0.717) is 6.42 Å². The summed E-state index contributed by atoms with van der Waals surface area (Å²) in [5, 5.41) is 9.93. The summed E-state index contributed by atoms with van der Waals surface area (Å²) in [5.41, 5.74) is 8.83. The van der Waals surface area contributed by atoms with Gasteiger partial charge in [-0.15, -0.1) is 0 Å². The van der Waals surface area contributed by atoms with Crippen molar-refractivity contribution in [1.82, 2.24) is 4.57 Å². The summed E-state index contributed by atoms with van der Waals surface area (Å²) < 4.78 is 2.06. The zero-order valence-electron chi connectivity index (χ0n) is 9.97. The van der Waals surface area contributed by atoms with Crippen LogP contribution in [0.4, 0.5) is 0 Å². The fourth-order valence-electron chi connectivity index (χ4n) is 2.22. The molecule has 4 heteroatoms. The van der Waals surface area contributed by atoms with Gasteiger partial charge in [-0.2, -0.15) is 0 Å². The number of nitrogens with two attached hydrogens (primary N) is 1. The highest BCUT2D eigenvalue weighted by molar-refractivity contribution is 5.84. The lowest BCUT2D eigenvalue weighted by molar-refractivity contribution is -0.138. The second-order valence-corrected chi connectivity index (χ2v) is 4.43. The van der Waals surface area contributed by atoms with Gasteiger partial charge in [0.25, 0.3) is 0 Å². The van der Waals surface area contributed by atoms with Crippen molar-refractivity contribution in [3.05, 3.63) is 35.5 Å². The van der Waals surface area contributed by atoms with E-state index in [-0.39, 0.29) is 0 Å². The van der Waals surface area contributed by atoms with Crippen molar-refractivity contribution in [3.8, 4) is 0 Å². The number of rotatable bonds is 3. The molecule has 2 rings (SSSR count). The monoisotopic (exact) mass is 232 g/mol. The molecule has 1 heterocycles. The van der Waals surface area contributed by atoms with E-state index >= 15 is 0 Å². The Labute approximate surface area is 99.7 Å². The van der Waals surface area contributed by atoms with Crippen LogP contribution in [-0.2, 0) is 18.3 Å². The van der Waals surface area contributed by atoms with E-state index in [4.69, 9.17) is 10.8 Å². The Hall–Kier alpha value is -1.81. The zero-order chi connectivity index (χ0) is 12.6. The largest absolute Gasteiger partial charge is 0.480 e. The van der Waals surface area contributed by atoms with Gasteiger partial charge >= 0.3 is 5.97 Å². The van der Waals surface area contributed by atoms with Gasteiger partial charge < -0.3 is 15.4 Å². The number of fused-ring (bicyclic) bond motifs is 1. The zero-order valence-corrected chi connectivity index (χ0v) is 9.97. The number of nitrogens with zero attached hydrogens (tertiary/aromatic N) is 1. The predicted octanol–water partition coefficient (Wildman–Crippen LogP) is 1.44. The van der Waals surface area contributed by atoms with Crippen LogP contribution in [0, 0.1) is 6.92 Å². The highest BCUT2D eigenvalue weighted by atomic mass is 16.4. The number of hydrogen-bond donors (Lipinski definition) is 2. The van der Waals surface area contributed by atoms with E-state index in [1.165, 1.54) is 5.52 Å². The van der Waals surface area contributed by atoms with Gasteiger partial charge in [0.15, 0.2) is 0 Å². The van der Waals surface area contributed by atoms with E-state index in [1.807, 2.05) is 38.4 Å². The predicted molar refractivity (Wildman–Crippen MR) is 67.0 cm³/mol. The van der Waals surface area contributed by atoms with Crippen LogP contribution in [0.1, 0.15) is 11.1 Å². The topological polar surface area (TPSA) is 68.2 Å². The molecule has 0 fully saturated rings. The van der Waals surface area contributed by atoms with Crippen molar-refractivity contribution >= 4 is 16.9 Å². The summed E-state index contributed by atoms with van der Waals surface area (Å²) in [5.74, 6) is -0.962. The van der Waals surface area contributed by atoms with Gasteiger partial charge in [-0.1, -0.05) is 6.07 Å². The molecule has 90 valence electrons. The van der Waals surface area contributed by atoms with E-state index in [0.717, 1.165) is 16.5 Å². The van der Waals surface area contributed by atoms with E-state index in [1.54, 1.807) is 0 Å². The second kappa shape index (κ2) is 4.22. The fourth-order valence-corrected chi connectivity index (χ4v) is 2.22. The third-order valence-electron chi connectivity index (χ3n) is 2.99. The van der Waals surface area contributed by atoms with Gasteiger partial charge in [-0.25, -0.2) is 0 Å². The molecule has 2 aromatic rings. The molecule has 0 radical (unpaired) electrons. The van der Waals surface area contributed by atoms with Gasteiger partial charge in [-0.3, -0.25) is 4.79 Å². The lowest BCUT2D eigenvalue weighted by Crippen LogP contribution is -2.32. The number of carboxylic acids is 1. The van der Waals surface area contributed by atoms with Crippen LogP contribution in [0.25, 0.3) is 10.9 Å². The molecule has 0 amide bonds. The Morgan fingerprint density at radius 3 is 2.88 bits per heavy atom. The summed E-state index contributed by atoms with van der Waals surface area (Å²) in [4.78, 5) is 10.7. The van der Waals surface area contributed by atoms with Crippen LogP contribution < -0.4 is 5.73 Å². The first kappa shape index (κ1) is 11.7. The van der Waals surface area contributed by atoms with Gasteiger partial charge in [0.2, 0.25) is 0 Å². The molecule has 0 aliphatic carbocycles. The third-order valence-corrected chi connectivity index (χ3v) is 2.99. The van der Waals surface area contributed by atoms with Gasteiger partial charge in [0.1, 0.15) is 6.04 Å². The Bertz CT molecular complexity index is 572. The number of aliphatic carboxylic acids is 1. The van der Waals surface area contributed by atoms with Crippen molar-refractivity contribution in [2.75, 3.05) is 0 Å². The molecule has 0 spiro atoms. The van der Waals surface area contributed by atoms with Gasteiger partial charge in [-0.05, 0) is 36.6 Å². The first-order valence-corrected chi connectivity index (χ1v) is 5.52. The highest BCUT2D eigenvalue weighted by Crippen LogP contribution is 2.21. The minimum Gasteiger partial charge on any atom is -0.480 e. The SMILES string of the molecule is Cc1cc(CC(N)C(=O)O)cc2ccn(C)c12. The molecule has 17 heavy (non-hydrogen) atoms. The van der Waals surface area contributed by atoms with Crippen LogP contribution in [0.2, 0.25) is 0 Å². The molecular formula is C13H16N2O2. The van der Waals surface area contributed by atoms with Crippen LogP contribution in [0.5, 0.6) is 0 Å². The molecule has 0 aliphatic heterocycles. The Morgan fingerprint density at radius 2 is 2.24 bits per heavy atom. The summed E-state index contributed by atoms with van der Waals surface area (Å²) in [6.45, 7) is 2.03. The minimum atomic E-state index is -0.962. The normalized spacial score (nSPS) is 12.9. The molecule has 1 atom stereocenters. The number of aromatic nitrogens is 1. The molecule has 1 aromatic heterocycles. The quantitative estimate of drug-likeness (QED) is 0.841. The van der Waals surface area contributed by atoms with Crippen molar-refractivity contribution < 1.29 is 9.90 Å². The summed E-state index contributed by atoms with van der Waals surface area (Å²) >= 11 is 0. The molecule has 0 aliphatic rings. The van der Waals surface area contributed by atoms with Crippen molar-refractivity contribution in [3.63, 3.8) is 0 Å². The number of benzene rings is 1. The highest BCUT2D eigenvalue weighted by Gasteiger charge is 2.13. The molecule has 0 saturated carbocycles. The summed E-state index contributed by atoms with van der Waals surface area (Å²) in [6, 6.07) is 5.20. The van der Waals surface area contributed by atoms with Gasteiger partial charge in [0, 0.05) is 18.6 Å². The first-order chi connectivity index (χ1) is 7.99. The maximum atomic E-state index is 10.7. The summed E-state index contributed by atoms with van der Waals surface area (Å²) in [6.07, 6.45) is 2.36. The molecule has 4 nitrogen and oxygen atoms in total. The van der Waals surface area contributed by atoms with E-state index in [9.17, 15) is 4.79 Å². The summed E-state index contributed by atoms with van der Waals surface area (Å²) in [7, 11) is 2.00. The maximum Gasteiger partial charge on any atom is 0.320 e. The van der Waals surface area contributed by atoms with Crippen LogP contribution in [0.15, 0.2) is 24.4 Å². The van der Waals surface area contributed by atoms with Gasteiger partial charge in [0.05, 0.1) is 5.52 Å². The van der Waals surface area contributed by atoms with Crippen LogP contribution in [-0.4, -0.2) is 21.7 Å². The lowest BCUT2D eigenvalue weighted by atomic mass is 10.0. The molecule has 3 N–H and O–H groups in total. The Balaban J connectivity index is 2.40. The minimum absolute atomic E-state index is 0.362. The van der Waals surface area contributed by atoms with Crippen molar-refractivity contribution in [2.45, 2.75) is 19.4 Å². The number of carbonyl (C=O) groups is 1. The maximum absolute atomic E-state index is 10.7. The number of hydrogen-bond acceptors (Lipinski definition) is 2.